The number of imide groups is 1. The second-order valence-electron chi connectivity index (χ2n) is 6.61. The van der Waals surface area contributed by atoms with Crippen molar-refractivity contribution >= 4 is 23.6 Å². The van der Waals surface area contributed by atoms with E-state index in [0.29, 0.717) is 17.5 Å². The first-order chi connectivity index (χ1) is 12.9. The highest BCUT2D eigenvalue weighted by atomic mass is 16.5. The van der Waals surface area contributed by atoms with E-state index in [1.54, 1.807) is 21.3 Å². The summed E-state index contributed by atoms with van der Waals surface area (Å²) in [5.41, 5.74) is 2.57. The Morgan fingerprint density at radius 1 is 1.11 bits per heavy atom. The van der Waals surface area contributed by atoms with Crippen LogP contribution in [0.3, 0.4) is 0 Å². The van der Waals surface area contributed by atoms with Gasteiger partial charge in [-0.15, -0.1) is 0 Å². The maximum absolute atomic E-state index is 12.5. The SMILES string of the molecule is COc1ccc(OC)c(N2C3=NC4C(C(=O)NC(=O)N4C)N3C(C)=C2C)c1. The van der Waals surface area contributed by atoms with Crippen molar-refractivity contribution < 1.29 is 19.1 Å². The Morgan fingerprint density at radius 2 is 1.85 bits per heavy atom. The lowest BCUT2D eigenvalue weighted by atomic mass is 10.1. The fourth-order valence-corrected chi connectivity index (χ4v) is 3.72. The van der Waals surface area contributed by atoms with E-state index in [2.05, 4.69) is 5.32 Å². The molecular weight excluding hydrogens is 350 g/mol. The van der Waals surface area contributed by atoms with Gasteiger partial charge in [-0.2, -0.15) is 0 Å². The minimum absolute atomic E-state index is 0.353. The molecule has 2 atom stereocenters. The largest absolute Gasteiger partial charge is 0.497 e. The van der Waals surface area contributed by atoms with Gasteiger partial charge in [0.1, 0.15) is 11.5 Å². The third kappa shape index (κ3) is 2.27. The molecule has 0 radical (unpaired) electrons. The van der Waals surface area contributed by atoms with Gasteiger partial charge in [-0.25, -0.2) is 9.79 Å². The number of hydrogen-bond donors (Lipinski definition) is 1. The summed E-state index contributed by atoms with van der Waals surface area (Å²) < 4.78 is 10.9. The first-order valence-electron chi connectivity index (χ1n) is 8.53. The molecule has 0 bridgehead atoms. The minimum atomic E-state index is -0.598. The van der Waals surface area contributed by atoms with Gasteiger partial charge in [0.05, 0.1) is 19.9 Å². The summed E-state index contributed by atoms with van der Waals surface area (Å²) in [4.78, 5) is 34.5. The van der Waals surface area contributed by atoms with Gasteiger partial charge in [0.25, 0.3) is 5.91 Å². The maximum Gasteiger partial charge on any atom is 0.325 e. The number of carbonyl (C=O) groups excluding carboxylic acids is 2. The molecule has 3 amide bonds. The Morgan fingerprint density at radius 3 is 2.52 bits per heavy atom. The number of guanidine groups is 1. The van der Waals surface area contributed by atoms with Crippen molar-refractivity contribution in [3.05, 3.63) is 29.6 Å². The van der Waals surface area contributed by atoms with E-state index in [1.807, 2.05) is 41.8 Å². The van der Waals surface area contributed by atoms with Gasteiger partial charge in [-0.3, -0.25) is 19.9 Å². The Kier molecular flexibility index (Phi) is 3.76. The number of benzene rings is 1. The van der Waals surface area contributed by atoms with Crippen LogP contribution >= 0.6 is 0 Å². The van der Waals surface area contributed by atoms with E-state index >= 15 is 0 Å². The lowest BCUT2D eigenvalue weighted by Crippen LogP contribution is -2.63. The minimum Gasteiger partial charge on any atom is -0.497 e. The molecule has 142 valence electrons. The fourth-order valence-electron chi connectivity index (χ4n) is 3.72. The van der Waals surface area contributed by atoms with Crippen LogP contribution in [0.4, 0.5) is 10.5 Å². The van der Waals surface area contributed by atoms with Gasteiger partial charge in [-0.05, 0) is 26.0 Å². The third-order valence-electron chi connectivity index (χ3n) is 5.29. The molecule has 1 saturated heterocycles. The molecule has 0 saturated carbocycles. The molecule has 1 N–H and O–H groups in total. The van der Waals surface area contributed by atoms with Crippen LogP contribution in [0.2, 0.25) is 0 Å². The average molecular weight is 371 g/mol. The standard InChI is InChI=1S/C18H21N5O4/c1-9-10(2)23-14-15(21(3)18(25)20-16(14)24)19-17(23)22(9)12-8-11(26-4)6-7-13(12)27-5/h6-8,14-15H,1-5H3,(H,20,24,25). The Labute approximate surface area is 156 Å². The number of aliphatic imine (C=N–C) groups is 1. The molecule has 27 heavy (non-hydrogen) atoms. The summed E-state index contributed by atoms with van der Waals surface area (Å²) in [6, 6.07) is 4.45. The highest BCUT2D eigenvalue weighted by molar-refractivity contribution is 6.11. The molecule has 3 aliphatic rings. The first-order valence-corrected chi connectivity index (χ1v) is 8.53. The lowest BCUT2D eigenvalue weighted by Gasteiger charge is -2.35. The second kappa shape index (κ2) is 5.90. The molecule has 1 aromatic rings. The predicted molar refractivity (Wildman–Crippen MR) is 98.6 cm³/mol. The number of rotatable bonds is 3. The number of ether oxygens (including phenoxy) is 2. The van der Waals surface area contributed by atoms with Crippen LogP contribution in [0.15, 0.2) is 34.6 Å². The molecule has 1 aromatic carbocycles. The van der Waals surface area contributed by atoms with Crippen LogP contribution in [-0.4, -0.2) is 61.2 Å². The number of fused-ring (bicyclic) bond motifs is 3. The first kappa shape index (κ1) is 17.2. The molecule has 9 nitrogen and oxygen atoms in total. The zero-order chi connectivity index (χ0) is 19.5. The molecule has 9 heteroatoms. The van der Waals surface area contributed by atoms with Crippen molar-refractivity contribution in [2.75, 3.05) is 26.2 Å². The Hall–Kier alpha value is -3.23. The van der Waals surface area contributed by atoms with Gasteiger partial charge >= 0.3 is 6.03 Å². The third-order valence-corrected chi connectivity index (χ3v) is 5.29. The maximum atomic E-state index is 12.5. The number of methoxy groups -OCH3 is 2. The molecule has 0 aliphatic carbocycles. The number of nitrogens with zero attached hydrogens (tertiary/aromatic N) is 4. The zero-order valence-corrected chi connectivity index (χ0v) is 15.8. The molecule has 3 heterocycles. The van der Waals surface area contributed by atoms with Crippen molar-refractivity contribution in [3.8, 4) is 11.5 Å². The highest BCUT2D eigenvalue weighted by Crippen LogP contribution is 2.42. The molecule has 0 aromatic heterocycles. The summed E-state index contributed by atoms with van der Waals surface area (Å²) in [6.45, 7) is 3.89. The molecule has 3 aliphatic heterocycles. The van der Waals surface area contributed by atoms with E-state index in [1.165, 1.54) is 4.90 Å². The molecule has 0 spiro atoms. The van der Waals surface area contributed by atoms with Gasteiger partial charge in [0.2, 0.25) is 5.96 Å². The van der Waals surface area contributed by atoms with Crippen molar-refractivity contribution in [2.24, 2.45) is 4.99 Å². The number of nitrogens with one attached hydrogen (secondary N) is 1. The van der Waals surface area contributed by atoms with Crippen LogP contribution < -0.4 is 19.7 Å². The van der Waals surface area contributed by atoms with E-state index < -0.39 is 18.2 Å². The average Bonchev–Trinajstić information content (AvgIpc) is 3.16. The summed E-state index contributed by atoms with van der Waals surface area (Å²) in [7, 11) is 4.83. The lowest BCUT2D eigenvalue weighted by molar-refractivity contribution is -0.126. The van der Waals surface area contributed by atoms with Gasteiger partial charge in [0, 0.05) is 24.5 Å². The summed E-state index contributed by atoms with van der Waals surface area (Å²) in [5, 5.41) is 2.39. The van der Waals surface area contributed by atoms with Crippen LogP contribution in [-0.2, 0) is 4.79 Å². The fraction of sp³-hybridized carbons (Fsp3) is 0.389. The summed E-state index contributed by atoms with van der Waals surface area (Å²) >= 11 is 0. The van der Waals surface area contributed by atoms with Crippen LogP contribution in [0.5, 0.6) is 11.5 Å². The topological polar surface area (TPSA) is 86.7 Å². The van der Waals surface area contributed by atoms with Crippen LogP contribution in [0, 0.1) is 0 Å². The quantitative estimate of drug-likeness (QED) is 0.863. The van der Waals surface area contributed by atoms with Crippen LogP contribution in [0.1, 0.15) is 13.8 Å². The van der Waals surface area contributed by atoms with E-state index in [4.69, 9.17) is 14.5 Å². The monoisotopic (exact) mass is 371 g/mol. The van der Waals surface area contributed by atoms with Gasteiger partial charge < -0.3 is 14.4 Å². The molecule has 2 unspecified atom stereocenters. The number of allylic oxidation sites excluding steroid dienone is 2. The Balaban J connectivity index is 1.85. The Bertz CT molecular complexity index is 909. The van der Waals surface area contributed by atoms with E-state index in [-0.39, 0.29) is 5.91 Å². The number of carbonyl (C=O) groups is 2. The number of anilines is 1. The van der Waals surface area contributed by atoms with E-state index in [9.17, 15) is 9.59 Å². The second-order valence-corrected chi connectivity index (χ2v) is 6.61. The summed E-state index contributed by atoms with van der Waals surface area (Å²) in [6.07, 6.45) is -0.580. The van der Waals surface area contributed by atoms with Crippen LogP contribution in [0.25, 0.3) is 0 Å². The molecule has 1 fully saturated rings. The smallest absolute Gasteiger partial charge is 0.325 e. The van der Waals surface area contributed by atoms with E-state index in [0.717, 1.165) is 17.1 Å². The number of likely N-dealkylation sites (N-methyl/N-ethyl adjacent to an activating group) is 1. The number of urea groups is 1. The zero-order valence-electron chi connectivity index (χ0n) is 15.8. The van der Waals surface area contributed by atoms with Gasteiger partial charge in [0.15, 0.2) is 12.2 Å². The summed E-state index contributed by atoms with van der Waals surface area (Å²) in [5.74, 6) is 1.56. The predicted octanol–water partition coefficient (Wildman–Crippen LogP) is 1.32. The van der Waals surface area contributed by atoms with Crippen molar-refractivity contribution in [1.29, 1.82) is 0 Å². The van der Waals surface area contributed by atoms with Crippen molar-refractivity contribution in [3.63, 3.8) is 0 Å². The molecular formula is C18H21N5O4. The number of hydrogen-bond acceptors (Lipinski definition) is 7. The van der Waals surface area contributed by atoms with Crippen molar-refractivity contribution in [1.82, 2.24) is 15.1 Å². The highest BCUT2D eigenvalue weighted by Gasteiger charge is 2.53. The van der Waals surface area contributed by atoms with Crippen molar-refractivity contribution in [2.45, 2.75) is 26.1 Å². The number of amides is 3. The normalized spacial score (nSPS) is 24.0. The van der Waals surface area contributed by atoms with Gasteiger partial charge in [-0.1, -0.05) is 0 Å². The molecule has 4 rings (SSSR count).